The number of carbonyl (C=O) groups excluding carboxylic acids is 1. The molecule has 5 nitrogen and oxygen atoms in total. The molecule has 1 fully saturated rings. The Hall–Kier alpha value is -1.40. The smallest absolute Gasteiger partial charge is 0.251 e. The van der Waals surface area contributed by atoms with Gasteiger partial charge in [-0.25, -0.2) is 8.42 Å². The lowest BCUT2D eigenvalue weighted by Crippen LogP contribution is -2.39. The van der Waals surface area contributed by atoms with Gasteiger partial charge in [0, 0.05) is 31.0 Å². The molecule has 134 valence electrons. The van der Waals surface area contributed by atoms with Gasteiger partial charge in [-0.05, 0) is 50.4 Å². The Labute approximate surface area is 145 Å². The highest BCUT2D eigenvalue weighted by Crippen LogP contribution is 2.16. The van der Waals surface area contributed by atoms with Crippen LogP contribution in [-0.2, 0) is 15.6 Å². The number of rotatable bonds is 7. The van der Waals surface area contributed by atoms with Gasteiger partial charge in [-0.1, -0.05) is 18.6 Å². The molecule has 1 saturated heterocycles. The second kappa shape index (κ2) is 8.62. The fourth-order valence-corrected chi connectivity index (χ4v) is 3.93. The number of piperidine rings is 1. The van der Waals surface area contributed by atoms with Gasteiger partial charge in [-0.2, -0.15) is 0 Å². The van der Waals surface area contributed by atoms with E-state index in [0.29, 0.717) is 23.7 Å². The van der Waals surface area contributed by atoms with Gasteiger partial charge in [0.15, 0.2) is 9.84 Å². The summed E-state index contributed by atoms with van der Waals surface area (Å²) >= 11 is 0. The number of nitrogens with zero attached hydrogens (tertiary/aromatic N) is 1. The van der Waals surface area contributed by atoms with Crippen LogP contribution in [0.25, 0.3) is 0 Å². The van der Waals surface area contributed by atoms with Crippen molar-refractivity contribution in [1.29, 1.82) is 0 Å². The van der Waals surface area contributed by atoms with Crippen molar-refractivity contribution in [1.82, 2.24) is 10.2 Å². The van der Waals surface area contributed by atoms with Crippen LogP contribution in [0.15, 0.2) is 24.3 Å². The molecule has 0 radical (unpaired) electrons. The lowest BCUT2D eigenvalue weighted by atomic mass is 10.0. The van der Waals surface area contributed by atoms with Crippen molar-refractivity contribution >= 4 is 15.7 Å². The van der Waals surface area contributed by atoms with E-state index in [4.69, 9.17) is 0 Å². The van der Waals surface area contributed by atoms with Gasteiger partial charge in [-0.15, -0.1) is 0 Å². The average molecular weight is 353 g/mol. The van der Waals surface area contributed by atoms with E-state index in [9.17, 15) is 13.2 Å². The Morgan fingerprint density at radius 3 is 2.58 bits per heavy atom. The predicted octanol–water partition coefficient (Wildman–Crippen LogP) is 2.23. The minimum atomic E-state index is -3.05. The molecule has 0 aromatic heterocycles. The van der Waals surface area contributed by atoms with E-state index < -0.39 is 9.84 Å². The topological polar surface area (TPSA) is 66.5 Å². The Kier molecular flexibility index (Phi) is 6.80. The predicted molar refractivity (Wildman–Crippen MR) is 96.8 cm³/mol. The number of nitrogens with one attached hydrogen (secondary N) is 1. The summed E-state index contributed by atoms with van der Waals surface area (Å²) in [7, 11) is -3.05. The number of likely N-dealkylation sites (tertiary alicyclic amines) is 1. The molecule has 24 heavy (non-hydrogen) atoms. The maximum atomic E-state index is 12.1. The van der Waals surface area contributed by atoms with Gasteiger partial charge in [0.1, 0.15) is 0 Å². The summed E-state index contributed by atoms with van der Waals surface area (Å²) in [6.45, 7) is 5.12. The fourth-order valence-electron chi connectivity index (χ4n) is 3.13. The van der Waals surface area contributed by atoms with E-state index in [1.807, 2.05) is 0 Å². The molecule has 1 amide bonds. The van der Waals surface area contributed by atoms with Gasteiger partial charge in [0.25, 0.3) is 5.91 Å². The molecule has 0 spiro atoms. The molecular weight excluding hydrogens is 324 g/mol. The van der Waals surface area contributed by atoms with Crippen molar-refractivity contribution in [2.45, 2.75) is 44.4 Å². The minimum absolute atomic E-state index is 0.00290. The van der Waals surface area contributed by atoms with Crippen LogP contribution in [0.3, 0.4) is 0 Å². The van der Waals surface area contributed by atoms with Gasteiger partial charge in [0.2, 0.25) is 0 Å². The van der Waals surface area contributed by atoms with E-state index in [2.05, 4.69) is 17.1 Å². The minimum Gasteiger partial charge on any atom is -0.352 e. The molecule has 0 bridgehead atoms. The van der Waals surface area contributed by atoms with Crippen LogP contribution < -0.4 is 5.32 Å². The van der Waals surface area contributed by atoms with Crippen LogP contribution in [0.4, 0.5) is 0 Å². The highest BCUT2D eigenvalue weighted by molar-refractivity contribution is 7.89. The molecular formula is C18H28N2O3S. The van der Waals surface area contributed by atoms with Gasteiger partial charge in [0.05, 0.1) is 5.75 Å². The third-order valence-corrected chi connectivity index (χ3v) is 5.35. The van der Waals surface area contributed by atoms with E-state index in [1.165, 1.54) is 25.5 Å². The van der Waals surface area contributed by atoms with Crippen LogP contribution in [-0.4, -0.2) is 51.2 Å². The summed E-state index contributed by atoms with van der Waals surface area (Å²) in [6.07, 6.45) is 6.02. The van der Waals surface area contributed by atoms with Crippen LogP contribution in [0.1, 0.15) is 48.5 Å². The molecule has 0 aliphatic carbocycles. The molecule has 1 N–H and O–H groups in total. The number of hydrogen-bond acceptors (Lipinski definition) is 4. The standard InChI is InChI=1S/C18H28N2O3S/c1-15-6-3-4-12-20(15)13-5-11-19-18(21)17-9-7-16(8-10-17)14-24(2,22)23/h7-10,15H,3-6,11-14H2,1-2H3,(H,19,21)/t15-/m0/s1. The summed E-state index contributed by atoms with van der Waals surface area (Å²) in [5.41, 5.74) is 1.27. The largest absolute Gasteiger partial charge is 0.352 e. The van der Waals surface area contributed by atoms with Gasteiger partial charge >= 0.3 is 0 Å². The Bertz CT molecular complexity index is 641. The third-order valence-electron chi connectivity index (χ3n) is 4.49. The highest BCUT2D eigenvalue weighted by atomic mass is 32.2. The molecule has 2 rings (SSSR count). The Balaban J connectivity index is 1.74. The van der Waals surface area contributed by atoms with E-state index in [0.717, 1.165) is 19.5 Å². The number of carbonyl (C=O) groups is 1. The molecule has 6 heteroatoms. The summed E-state index contributed by atoms with van der Waals surface area (Å²) in [6, 6.07) is 7.42. The van der Waals surface area contributed by atoms with Crippen molar-refractivity contribution in [3.63, 3.8) is 0 Å². The average Bonchev–Trinajstić information content (AvgIpc) is 2.52. The summed E-state index contributed by atoms with van der Waals surface area (Å²) in [4.78, 5) is 14.6. The van der Waals surface area contributed by atoms with Crippen LogP contribution in [0.2, 0.25) is 0 Å². The quantitative estimate of drug-likeness (QED) is 0.764. The molecule has 1 atom stereocenters. The van der Waals surface area contributed by atoms with E-state index in [-0.39, 0.29) is 11.7 Å². The summed E-state index contributed by atoms with van der Waals surface area (Å²) in [5, 5.41) is 2.94. The van der Waals surface area contributed by atoms with Crippen molar-refractivity contribution in [3.8, 4) is 0 Å². The molecule has 1 aliphatic rings. The fraction of sp³-hybridized carbons (Fsp3) is 0.611. The van der Waals surface area contributed by atoms with Gasteiger partial charge < -0.3 is 10.2 Å². The zero-order chi connectivity index (χ0) is 17.6. The number of amides is 1. The molecule has 1 aromatic rings. The zero-order valence-electron chi connectivity index (χ0n) is 14.6. The Morgan fingerprint density at radius 1 is 1.25 bits per heavy atom. The SMILES string of the molecule is C[C@H]1CCCCN1CCCNC(=O)c1ccc(CS(C)(=O)=O)cc1. The monoisotopic (exact) mass is 352 g/mol. The second-order valence-electron chi connectivity index (χ2n) is 6.76. The number of hydrogen-bond donors (Lipinski definition) is 1. The lowest BCUT2D eigenvalue weighted by molar-refractivity contribution is 0.0949. The zero-order valence-corrected chi connectivity index (χ0v) is 15.4. The first-order valence-corrected chi connectivity index (χ1v) is 10.7. The van der Waals surface area contributed by atoms with Crippen molar-refractivity contribution < 1.29 is 13.2 Å². The maximum absolute atomic E-state index is 12.1. The van der Waals surface area contributed by atoms with E-state index in [1.54, 1.807) is 24.3 Å². The van der Waals surface area contributed by atoms with Crippen molar-refractivity contribution in [2.24, 2.45) is 0 Å². The highest BCUT2D eigenvalue weighted by Gasteiger charge is 2.17. The number of sulfone groups is 1. The number of benzene rings is 1. The lowest BCUT2D eigenvalue weighted by Gasteiger charge is -2.33. The second-order valence-corrected chi connectivity index (χ2v) is 8.90. The molecule has 1 heterocycles. The molecule has 1 aliphatic heterocycles. The van der Waals surface area contributed by atoms with Crippen LogP contribution >= 0.6 is 0 Å². The van der Waals surface area contributed by atoms with Crippen molar-refractivity contribution in [2.75, 3.05) is 25.9 Å². The van der Waals surface area contributed by atoms with Crippen LogP contribution in [0.5, 0.6) is 0 Å². The first-order valence-electron chi connectivity index (χ1n) is 8.64. The molecule has 0 saturated carbocycles. The molecule has 0 unspecified atom stereocenters. The maximum Gasteiger partial charge on any atom is 0.251 e. The normalized spacial score (nSPS) is 19.2. The van der Waals surface area contributed by atoms with Crippen LogP contribution in [0, 0.1) is 0 Å². The first kappa shape index (κ1) is 18.9. The summed E-state index contributed by atoms with van der Waals surface area (Å²) < 4.78 is 22.5. The van der Waals surface area contributed by atoms with E-state index >= 15 is 0 Å². The third kappa shape index (κ3) is 6.24. The Morgan fingerprint density at radius 2 is 1.96 bits per heavy atom. The van der Waals surface area contributed by atoms with Crippen molar-refractivity contribution in [3.05, 3.63) is 35.4 Å². The summed E-state index contributed by atoms with van der Waals surface area (Å²) in [5.74, 6) is -0.101. The first-order chi connectivity index (χ1) is 11.3. The molecule has 1 aromatic carbocycles. The van der Waals surface area contributed by atoms with Gasteiger partial charge in [-0.3, -0.25) is 4.79 Å².